The van der Waals surface area contributed by atoms with Crippen LogP contribution >= 0.6 is 0 Å². The minimum absolute atomic E-state index is 0.00116. The van der Waals surface area contributed by atoms with E-state index < -0.39 is 0 Å². The zero-order valence-electron chi connectivity index (χ0n) is 11.0. The molecule has 0 amide bonds. The molecule has 0 bridgehead atoms. The molecule has 0 aliphatic heterocycles. The third-order valence-electron chi connectivity index (χ3n) is 3.19. The predicted molar refractivity (Wildman–Crippen MR) is 72.1 cm³/mol. The summed E-state index contributed by atoms with van der Waals surface area (Å²) in [6.07, 6.45) is 3.66. The first-order valence-corrected chi connectivity index (χ1v) is 6.40. The highest BCUT2D eigenvalue weighted by Gasteiger charge is 2.11. The number of nitrogens with two attached hydrogens (primary N) is 1. The number of benzene rings is 1. The first-order chi connectivity index (χ1) is 8.70. The van der Waals surface area contributed by atoms with Gasteiger partial charge in [-0.1, -0.05) is 35.0 Å². The van der Waals surface area contributed by atoms with E-state index in [0.29, 0.717) is 0 Å². The number of nitrogens with zero attached hydrogens (tertiary/aromatic N) is 3. The van der Waals surface area contributed by atoms with Crippen molar-refractivity contribution in [1.82, 2.24) is 15.0 Å². The highest BCUT2D eigenvalue weighted by Crippen LogP contribution is 2.16. The van der Waals surface area contributed by atoms with Crippen LogP contribution in [0.1, 0.15) is 36.2 Å². The van der Waals surface area contributed by atoms with Gasteiger partial charge >= 0.3 is 0 Å². The second-order valence-corrected chi connectivity index (χ2v) is 4.61. The van der Waals surface area contributed by atoms with E-state index in [0.717, 1.165) is 25.1 Å². The SMILES string of the molecule is CCn1nncc1C(N)CCc1ccc(C)cc1. The van der Waals surface area contributed by atoms with Gasteiger partial charge in [0, 0.05) is 12.6 Å². The normalized spacial score (nSPS) is 12.6. The standard InChI is InChI=1S/C14H20N4/c1-3-18-14(10-16-17-18)13(15)9-8-12-6-4-11(2)5-7-12/h4-7,10,13H,3,8-9,15H2,1-2H3. The van der Waals surface area contributed by atoms with Crippen molar-refractivity contribution in [2.24, 2.45) is 5.73 Å². The largest absolute Gasteiger partial charge is 0.323 e. The molecule has 4 nitrogen and oxygen atoms in total. The van der Waals surface area contributed by atoms with Gasteiger partial charge in [0.15, 0.2) is 0 Å². The molecular weight excluding hydrogens is 224 g/mol. The Kier molecular flexibility index (Phi) is 4.10. The van der Waals surface area contributed by atoms with E-state index in [2.05, 4.69) is 41.5 Å². The molecule has 2 aromatic rings. The van der Waals surface area contributed by atoms with Crippen molar-refractivity contribution in [1.29, 1.82) is 0 Å². The summed E-state index contributed by atoms with van der Waals surface area (Å²) in [6, 6.07) is 8.60. The maximum Gasteiger partial charge on any atom is 0.0754 e. The van der Waals surface area contributed by atoms with Gasteiger partial charge in [-0.15, -0.1) is 5.10 Å². The molecule has 0 radical (unpaired) electrons. The molecule has 0 aliphatic carbocycles. The Labute approximate surface area is 108 Å². The quantitative estimate of drug-likeness (QED) is 0.877. The molecule has 2 rings (SSSR count). The molecular formula is C14H20N4. The van der Waals surface area contributed by atoms with Crippen LogP contribution in [0, 0.1) is 6.92 Å². The molecule has 0 spiro atoms. The average Bonchev–Trinajstić information content (AvgIpc) is 2.86. The van der Waals surface area contributed by atoms with Gasteiger partial charge in [-0.05, 0) is 32.3 Å². The zero-order chi connectivity index (χ0) is 13.0. The Morgan fingerprint density at radius 3 is 2.67 bits per heavy atom. The highest BCUT2D eigenvalue weighted by molar-refractivity contribution is 5.21. The lowest BCUT2D eigenvalue weighted by atomic mass is 10.0. The number of aryl methyl sites for hydroxylation is 3. The molecule has 1 heterocycles. The number of rotatable bonds is 5. The van der Waals surface area contributed by atoms with E-state index in [1.165, 1.54) is 11.1 Å². The Morgan fingerprint density at radius 2 is 2.00 bits per heavy atom. The lowest BCUT2D eigenvalue weighted by Crippen LogP contribution is -2.16. The summed E-state index contributed by atoms with van der Waals surface area (Å²) in [5, 5.41) is 7.92. The van der Waals surface area contributed by atoms with E-state index in [4.69, 9.17) is 5.73 Å². The molecule has 0 saturated carbocycles. The van der Waals surface area contributed by atoms with Crippen LogP contribution in [0.25, 0.3) is 0 Å². The Balaban J connectivity index is 1.96. The van der Waals surface area contributed by atoms with Crippen molar-refractivity contribution in [3.05, 3.63) is 47.3 Å². The third kappa shape index (κ3) is 2.96. The van der Waals surface area contributed by atoms with Crippen molar-refractivity contribution in [3.8, 4) is 0 Å². The molecule has 1 aromatic carbocycles. The van der Waals surface area contributed by atoms with E-state index in [1.807, 2.05) is 11.6 Å². The van der Waals surface area contributed by atoms with Gasteiger partial charge in [0.1, 0.15) is 0 Å². The van der Waals surface area contributed by atoms with Gasteiger partial charge in [-0.2, -0.15) is 0 Å². The Bertz CT molecular complexity index is 487. The molecule has 1 atom stereocenters. The minimum Gasteiger partial charge on any atom is -0.323 e. The summed E-state index contributed by atoms with van der Waals surface area (Å²) >= 11 is 0. The van der Waals surface area contributed by atoms with E-state index in [-0.39, 0.29) is 6.04 Å². The number of aromatic nitrogens is 3. The minimum atomic E-state index is 0.00116. The van der Waals surface area contributed by atoms with Crippen LogP contribution in [0.15, 0.2) is 30.5 Å². The van der Waals surface area contributed by atoms with Gasteiger partial charge in [-0.25, -0.2) is 4.68 Å². The highest BCUT2D eigenvalue weighted by atomic mass is 15.4. The van der Waals surface area contributed by atoms with Crippen molar-refractivity contribution >= 4 is 0 Å². The smallest absolute Gasteiger partial charge is 0.0754 e. The lowest BCUT2D eigenvalue weighted by molar-refractivity contribution is 0.538. The third-order valence-corrected chi connectivity index (χ3v) is 3.19. The fraction of sp³-hybridized carbons (Fsp3) is 0.429. The predicted octanol–water partition coefficient (Wildman–Crippen LogP) is 2.24. The molecule has 0 saturated heterocycles. The molecule has 4 heteroatoms. The molecule has 2 N–H and O–H groups in total. The van der Waals surface area contributed by atoms with Crippen LogP contribution < -0.4 is 5.73 Å². The lowest BCUT2D eigenvalue weighted by Gasteiger charge is -2.12. The van der Waals surface area contributed by atoms with E-state index in [9.17, 15) is 0 Å². The van der Waals surface area contributed by atoms with Crippen molar-refractivity contribution in [2.75, 3.05) is 0 Å². The number of hydrogen-bond acceptors (Lipinski definition) is 3. The first-order valence-electron chi connectivity index (χ1n) is 6.40. The summed E-state index contributed by atoms with van der Waals surface area (Å²) < 4.78 is 1.86. The fourth-order valence-electron chi connectivity index (χ4n) is 2.02. The van der Waals surface area contributed by atoms with Gasteiger partial charge < -0.3 is 5.73 Å². The zero-order valence-corrected chi connectivity index (χ0v) is 11.0. The fourth-order valence-corrected chi connectivity index (χ4v) is 2.02. The molecule has 96 valence electrons. The van der Waals surface area contributed by atoms with Crippen LogP contribution in [-0.2, 0) is 13.0 Å². The maximum absolute atomic E-state index is 6.19. The van der Waals surface area contributed by atoms with Crippen LogP contribution in [0.3, 0.4) is 0 Å². The topological polar surface area (TPSA) is 56.7 Å². The van der Waals surface area contributed by atoms with Crippen LogP contribution in [0.4, 0.5) is 0 Å². The monoisotopic (exact) mass is 244 g/mol. The van der Waals surface area contributed by atoms with Crippen molar-refractivity contribution < 1.29 is 0 Å². The molecule has 0 aliphatic rings. The Hall–Kier alpha value is -1.68. The van der Waals surface area contributed by atoms with Crippen LogP contribution in [-0.4, -0.2) is 15.0 Å². The number of hydrogen-bond donors (Lipinski definition) is 1. The molecule has 1 aromatic heterocycles. The molecule has 18 heavy (non-hydrogen) atoms. The van der Waals surface area contributed by atoms with Crippen LogP contribution in [0.2, 0.25) is 0 Å². The summed E-state index contributed by atoms with van der Waals surface area (Å²) in [4.78, 5) is 0. The second-order valence-electron chi connectivity index (χ2n) is 4.61. The van der Waals surface area contributed by atoms with Gasteiger partial charge in [0.2, 0.25) is 0 Å². The average molecular weight is 244 g/mol. The first kappa shape index (κ1) is 12.8. The summed E-state index contributed by atoms with van der Waals surface area (Å²) in [5.41, 5.74) is 9.82. The van der Waals surface area contributed by atoms with E-state index >= 15 is 0 Å². The summed E-state index contributed by atoms with van der Waals surface area (Å²) in [7, 11) is 0. The second kappa shape index (κ2) is 5.78. The molecule has 1 unspecified atom stereocenters. The van der Waals surface area contributed by atoms with Gasteiger partial charge in [-0.3, -0.25) is 0 Å². The van der Waals surface area contributed by atoms with Gasteiger partial charge in [0.25, 0.3) is 0 Å². The van der Waals surface area contributed by atoms with Gasteiger partial charge in [0.05, 0.1) is 11.9 Å². The Morgan fingerprint density at radius 1 is 1.28 bits per heavy atom. The van der Waals surface area contributed by atoms with Crippen molar-refractivity contribution in [3.63, 3.8) is 0 Å². The van der Waals surface area contributed by atoms with Crippen LogP contribution in [0.5, 0.6) is 0 Å². The summed E-state index contributed by atoms with van der Waals surface area (Å²) in [6.45, 7) is 4.96. The van der Waals surface area contributed by atoms with E-state index in [1.54, 1.807) is 6.20 Å². The summed E-state index contributed by atoms with van der Waals surface area (Å²) in [5.74, 6) is 0. The maximum atomic E-state index is 6.19. The van der Waals surface area contributed by atoms with Crippen molar-refractivity contribution in [2.45, 2.75) is 39.3 Å². The molecule has 0 fully saturated rings.